The van der Waals surface area contributed by atoms with Crippen LogP contribution in [0.25, 0.3) is 0 Å². The summed E-state index contributed by atoms with van der Waals surface area (Å²) in [6, 6.07) is 0. The van der Waals surface area contributed by atoms with E-state index in [-0.39, 0.29) is 25.7 Å². The zero-order valence-electron chi connectivity index (χ0n) is 50.5. The van der Waals surface area contributed by atoms with Crippen LogP contribution < -0.4 is 0 Å². The van der Waals surface area contributed by atoms with E-state index in [1.165, 1.54) is 122 Å². The lowest BCUT2D eigenvalue weighted by molar-refractivity contribution is -0.161. The molecule has 3 N–H and O–H groups in total. The van der Waals surface area contributed by atoms with E-state index in [1.54, 1.807) is 0 Å². The molecule has 0 heterocycles. The molecule has 0 saturated carbocycles. The van der Waals surface area contributed by atoms with E-state index in [9.17, 15) is 43.2 Å². The van der Waals surface area contributed by atoms with E-state index in [0.717, 1.165) is 95.8 Å². The van der Waals surface area contributed by atoms with E-state index >= 15 is 0 Å². The van der Waals surface area contributed by atoms with Gasteiger partial charge in [0.2, 0.25) is 0 Å². The molecule has 0 aliphatic rings. The Labute approximate surface area is 479 Å². The van der Waals surface area contributed by atoms with Crippen LogP contribution in [0.4, 0.5) is 0 Å². The van der Waals surface area contributed by atoms with E-state index < -0.39 is 97.5 Å². The Morgan fingerprint density at radius 1 is 0.354 bits per heavy atom. The maximum Gasteiger partial charge on any atom is 0.472 e. The molecule has 0 saturated heterocycles. The van der Waals surface area contributed by atoms with Crippen molar-refractivity contribution in [3.05, 3.63) is 0 Å². The van der Waals surface area contributed by atoms with Gasteiger partial charge in [0.1, 0.15) is 19.3 Å². The lowest BCUT2D eigenvalue weighted by atomic mass is 9.99. The van der Waals surface area contributed by atoms with Crippen molar-refractivity contribution in [3.63, 3.8) is 0 Å². The Balaban J connectivity index is 5.23. The quantitative estimate of drug-likeness (QED) is 0.0222. The highest BCUT2D eigenvalue weighted by molar-refractivity contribution is 7.47. The van der Waals surface area contributed by atoms with Gasteiger partial charge in [0, 0.05) is 25.7 Å². The highest BCUT2D eigenvalue weighted by atomic mass is 31.2. The van der Waals surface area contributed by atoms with Gasteiger partial charge in [-0.3, -0.25) is 37.3 Å². The largest absolute Gasteiger partial charge is 0.472 e. The second kappa shape index (κ2) is 54.0. The minimum absolute atomic E-state index is 0.105. The van der Waals surface area contributed by atoms with E-state index in [1.807, 2.05) is 0 Å². The van der Waals surface area contributed by atoms with Crippen LogP contribution in [-0.4, -0.2) is 96.7 Å². The Morgan fingerprint density at radius 3 is 0.899 bits per heavy atom. The third-order valence-electron chi connectivity index (χ3n) is 14.1. The van der Waals surface area contributed by atoms with Crippen LogP contribution in [0.5, 0.6) is 0 Å². The molecule has 17 nitrogen and oxygen atoms in total. The van der Waals surface area contributed by atoms with Gasteiger partial charge in [-0.2, -0.15) is 0 Å². The molecule has 19 heteroatoms. The van der Waals surface area contributed by atoms with Gasteiger partial charge in [0.15, 0.2) is 12.2 Å². The summed E-state index contributed by atoms with van der Waals surface area (Å²) in [6.45, 7) is 7.11. The average Bonchev–Trinajstić information content (AvgIpc) is 3.42. The van der Waals surface area contributed by atoms with Crippen LogP contribution in [-0.2, 0) is 65.4 Å². The number of aliphatic hydroxyl groups excluding tert-OH is 1. The summed E-state index contributed by atoms with van der Waals surface area (Å²) in [5, 5.41) is 10.5. The zero-order chi connectivity index (χ0) is 58.5. The van der Waals surface area contributed by atoms with Crippen LogP contribution in [0.1, 0.15) is 298 Å². The minimum atomic E-state index is -4.94. The van der Waals surface area contributed by atoms with E-state index in [2.05, 4.69) is 34.6 Å². The monoisotopic (exact) mass is 1170 g/mol. The van der Waals surface area contributed by atoms with Gasteiger partial charge in [0.25, 0.3) is 0 Å². The number of hydrogen-bond acceptors (Lipinski definition) is 15. The molecule has 0 aromatic rings. The van der Waals surface area contributed by atoms with Gasteiger partial charge >= 0.3 is 39.5 Å². The fourth-order valence-electron chi connectivity index (χ4n) is 8.84. The van der Waals surface area contributed by atoms with Crippen molar-refractivity contribution in [3.8, 4) is 0 Å². The van der Waals surface area contributed by atoms with Crippen molar-refractivity contribution < 1.29 is 80.2 Å². The SMILES string of the molecule is CCCCCCCCCCCC(=O)OC[C@H](COP(=O)(O)OC[C@H](O)COP(=O)(O)OC[C@@H](COC(=O)CCCCCCCCCCC)OC(=O)CCCCCCCCCCC(C)CC)OC(=O)CCCCCCCCCCC. The second-order valence-electron chi connectivity index (χ2n) is 22.0. The fourth-order valence-corrected chi connectivity index (χ4v) is 10.4. The summed E-state index contributed by atoms with van der Waals surface area (Å²) in [4.78, 5) is 71.9. The lowest BCUT2D eigenvalue weighted by Gasteiger charge is -2.21. The number of rotatable bonds is 60. The molecule has 0 aliphatic carbocycles. The Bertz CT molecular complexity index is 1550. The molecule has 6 atom stereocenters. The van der Waals surface area contributed by atoms with Crippen molar-refractivity contribution in [2.75, 3.05) is 39.6 Å². The predicted octanol–water partition coefficient (Wildman–Crippen LogP) is 16.2. The van der Waals surface area contributed by atoms with Crippen molar-refractivity contribution >= 4 is 39.5 Å². The smallest absolute Gasteiger partial charge is 0.462 e. The number of phosphoric ester groups is 2. The summed E-state index contributed by atoms with van der Waals surface area (Å²) in [7, 11) is -9.87. The maximum atomic E-state index is 12.9. The van der Waals surface area contributed by atoms with Gasteiger partial charge in [-0.25, -0.2) is 9.13 Å². The molecule has 3 unspecified atom stereocenters. The number of carbonyl (C=O) groups is 4. The van der Waals surface area contributed by atoms with Gasteiger partial charge < -0.3 is 33.8 Å². The average molecular weight is 1170 g/mol. The van der Waals surface area contributed by atoms with Crippen LogP contribution in [0, 0.1) is 5.92 Å². The van der Waals surface area contributed by atoms with Crippen LogP contribution in [0.3, 0.4) is 0 Å². The third kappa shape index (κ3) is 53.8. The highest BCUT2D eigenvalue weighted by Crippen LogP contribution is 2.45. The van der Waals surface area contributed by atoms with E-state index in [0.29, 0.717) is 25.7 Å². The summed E-state index contributed by atoms with van der Waals surface area (Å²) in [5.41, 5.74) is 0. The molecular formula is C60H116O17P2. The first kappa shape index (κ1) is 77.1. The normalized spacial score (nSPS) is 14.7. The first-order chi connectivity index (χ1) is 38.1. The zero-order valence-corrected chi connectivity index (χ0v) is 52.3. The standard InChI is InChI=1S/C60H116O17P2/c1-6-10-13-16-19-22-28-33-38-43-57(62)70-49-55(76-59(64)45-40-35-30-24-21-18-15-12-8-3)51-74-78(66,67)72-47-54(61)48-73-79(68,69)75-52-56(50-71-58(63)44-39-34-29-23-20-17-14-11-7-2)77-60(65)46-41-36-31-26-25-27-32-37-42-53(5)9-4/h53-56,61H,6-52H2,1-5H3,(H,66,67)(H,68,69)/t53?,54-,55+,56+/m0/s1. The van der Waals surface area contributed by atoms with Crippen molar-refractivity contribution in [1.82, 2.24) is 0 Å². The van der Waals surface area contributed by atoms with Gasteiger partial charge in [-0.05, 0) is 31.6 Å². The number of carbonyl (C=O) groups excluding carboxylic acids is 4. The number of hydrogen-bond donors (Lipinski definition) is 3. The Hall–Kier alpha value is -1.94. The molecule has 0 aliphatic heterocycles. The molecule has 79 heavy (non-hydrogen) atoms. The lowest BCUT2D eigenvalue weighted by Crippen LogP contribution is -2.30. The predicted molar refractivity (Wildman–Crippen MR) is 312 cm³/mol. The van der Waals surface area contributed by atoms with Gasteiger partial charge in [-0.15, -0.1) is 0 Å². The topological polar surface area (TPSA) is 237 Å². The van der Waals surface area contributed by atoms with Crippen LogP contribution in [0.2, 0.25) is 0 Å². The first-order valence-corrected chi connectivity index (χ1v) is 34.7. The van der Waals surface area contributed by atoms with Crippen LogP contribution >= 0.6 is 15.6 Å². The van der Waals surface area contributed by atoms with Crippen molar-refractivity contribution in [1.29, 1.82) is 0 Å². The molecule has 0 bridgehead atoms. The fraction of sp³-hybridized carbons (Fsp3) is 0.933. The second-order valence-corrected chi connectivity index (χ2v) is 24.9. The first-order valence-electron chi connectivity index (χ1n) is 31.7. The van der Waals surface area contributed by atoms with Crippen LogP contribution in [0.15, 0.2) is 0 Å². The van der Waals surface area contributed by atoms with Gasteiger partial charge in [0.05, 0.1) is 26.4 Å². The number of esters is 4. The maximum absolute atomic E-state index is 12.9. The summed E-state index contributed by atoms with van der Waals surface area (Å²) < 4.78 is 67.7. The Morgan fingerprint density at radius 2 is 0.608 bits per heavy atom. The molecule has 0 aromatic heterocycles. The molecule has 0 fully saturated rings. The molecule has 0 radical (unpaired) electrons. The van der Waals surface area contributed by atoms with Crippen molar-refractivity contribution in [2.45, 2.75) is 316 Å². The number of ether oxygens (including phenoxy) is 4. The molecule has 0 amide bonds. The summed E-state index contributed by atoms with van der Waals surface area (Å²) in [6.07, 6.45) is 36.1. The molecule has 0 aromatic carbocycles. The third-order valence-corrected chi connectivity index (χ3v) is 16.0. The minimum Gasteiger partial charge on any atom is -0.462 e. The Kier molecular flexibility index (Phi) is 52.7. The number of unbranched alkanes of at least 4 members (excludes halogenated alkanes) is 31. The summed E-state index contributed by atoms with van der Waals surface area (Å²) >= 11 is 0. The molecule has 0 rings (SSSR count). The van der Waals surface area contributed by atoms with E-state index in [4.69, 9.17) is 37.0 Å². The summed E-state index contributed by atoms with van der Waals surface area (Å²) in [5.74, 6) is -1.37. The molecule has 0 spiro atoms. The molecule has 468 valence electrons. The number of phosphoric acid groups is 2. The molecular weight excluding hydrogens is 1050 g/mol. The van der Waals surface area contributed by atoms with Gasteiger partial charge in [-0.1, -0.05) is 247 Å². The van der Waals surface area contributed by atoms with Crippen molar-refractivity contribution in [2.24, 2.45) is 5.92 Å². The highest BCUT2D eigenvalue weighted by Gasteiger charge is 2.30. The number of aliphatic hydroxyl groups is 1.